The standard InChI is InChI=1S/C16H27N5O3/c1-4-20-11-17-18-16(20)14-9-19(5-6-23-14)10-15(22)21-7-12(2)24-13(3)8-21/h11-14H,4-10H2,1-3H3/t12-,13-,14-/m0/s1. The van der Waals surface area contributed by atoms with Gasteiger partial charge in [0.2, 0.25) is 5.91 Å². The Morgan fingerprint density at radius 3 is 2.75 bits per heavy atom. The molecule has 3 rings (SSSR count). The number of carbonyl (C=O) groups excluding carboxylic acids is 1. The molecular weight excluding hydrogens is 310 g/mol. The molecule has 24 heavy (non-hydrogen) atoms. The predicted octanol–water partition coefficient (Wildman–Crippen LogP) is 0.307. The van der Waals surface area contributed by atoms with Crippen LogP contribution in [0.3, 0.4) is 0 Å². The minimum absolute atomic E-state index is 0.0956. The third-order valence-corrected chi connectivity index (χ3v) is 4.56. The van der Waals surface area contributed by atoms with Gasteiger partial charge in [-0.25, -0.2) is 0 Å². The SMILES string of the molecule is CCn1cnnc1[C@@H]1CN(CC(=O)N2C[C@H](C)O[C@@H](C)C2)CCO1. The normalized spacial score (nSPS) is 29.0. The van der Waals surface area contributed by atoms with E-state index in [-0.39, 0.29) is 24.2 Å². The van der Waals surface area contributed by atoms with Gasteiger partial charge in [-0.15, -0.1) is 10.2 Å². The summed E-state index contributed by atoms with van der Waals surface area (Å²) in [4.78, 5) is 16.7. The number of carbonyl (C=O) groups is 1. The number of hydrogen-bond acceptors (Lipinski definition) is 6. The van der Waals surface area contributed by atoms with Crippen LogP contribution in [-0.4, -0.2) is 82.0 Å². The first-order valence-electron chi connectivity index (χ1n) is 8.71. The lowest BCUT2D eigenvalue weighted by molar-refractivity contribution is -0.146. The van der Waals surface area contributed by atoms with Crippen molar-refractivity contribution < 1.29 is 14.3 Å². The summed E-state index contributed by atoms with van der Waals surface area (Å²) in [5.41, 5.74) is 0. The molecule has 2 aliphatic heterocycles. The molecule has 0 N–H and O–H groups in total. The Balaban J connectivity index is 1.58. The number of amides is 1. The molecule has 0 spiro atoms. The molecule has 1 aromatic rings. The van der Waals surface area contributed by atoms with Gasteiger partial charge in [0.25, 0.3) is 0 Å². The van der Waals surface area contributed by atoms with Crippen molar-refractivity contribution in [3.05, 3.63) is 12.2 Å². The number of hydrogen-bond donors (Lipinski definition) is 0. The highest BCUT2D eigenvalue weighted by atomic mass is 16.5. The van der Waals surface area contributed by atoms with Crippen molar-refractivity contribution in [1.82, 2.24) is 24.6 Å². The second-order valence-electron chi connectivity index (χ2n) is 6.63. The molecule has 3 heterocycles. The van der Waals surface area contributed by atoms with Crippen molar-refractivity contribution in [3.63, 3.8) is 0 Å². The van der Waals surface area contributed by atoms with Crippen LogP contribution in [0.15, 0.2) is 6.33 Å². The van der Waals surface area contributed by atoms with E-state index in [0.717, 1.165) is 18.9 Å². The van der Waals surface area contributed by atoms with Crippen LogP contribution in [0.5, 0.6) is 0 Å². The molecule has 2 saturated heterocycles. The van der Waals surface area contributed by atoms with Gasteiger partial charge >= 0.3 is 0 Å². The van der Waals surface area contributed by atoms with E-state index in [9.17, 15) is 4.79 Å². The summed E-state index contributed by atoms with van der Waals surface area (Å²) in [5.74, 6) is 0.998. The monoisotopic (exact) mass is 337 g/mol. The molecule has 2 aliphatic rings. The lowest BCUT2D eigenvalue weighted by Crippen LogP contribution is -2.52. The molecule has 0 unspecified atom stereocenters. The minimum atomic E-state index is -0.128. The highest BCUT2D eigenvalue weighted by molar-refractivity contribution is 5.78. The fraction of sp³-hybridized carbons (Fsp3) is 0.812. The van der Waals surface area contributed by atoms with E-state index in [2.05, 4.69) is 22.0 Å². The summed E-state index contributed by atoms with van der Waals surface area (Å²) < 4.78 is 13.5. The summed E-state index contributed by atoms with van der Waals surface area (Å²) >= 11 is 0. The van der Waals surface area contributed by atoms with Crippen LogP contribution < -0.4 is 0 Å². The third kappa shape index (κ3) is 3.93. The molecule has 0 radical (unpaired) electrons. The second-order valence-corrected chi connectivity index (χ2v) is 6.63. The number of aryl methyl sites for hydroxylation is 1. The minimum Gasteiger partial charge on any atom is -0.372 e. The zero-order valence-corrected chi connectivity index (χ0v) is 14.7. The molecule has 1 aromatic heterocycles. The lowest BCUT2D eigenvalue weighted by Gasteiger charge is -2.37. The third-order valence-electron chi connectivity index (χ3n) is 4.56. The fourth-order valence-corrected chi connectivity index (χ4v) is 3.43. The molecule has 2 fully saturated rings. The van der Waals surface area contributed by atoms with E-state index in [1.807, 2.05) is 23.3 Å². The molecule has 8 nitrogen and oxygen atoms in total. The van der Waals surface area contributed by atoms with Crippen molar-refractivity contribution in [3.8, 4) is 0 Å². The zero-order valence-electron chi connectivity index (χ0n) is 14.7. The molecule has 1 amide bonds. The van der Waals surface area contributed by atoms with E-state index in [4.69, 9.17) is 9.47 Å². The second kappa shape index (κ2) is 7.58. The molecule has 134 valence electrons. The Morgan fingerprint density at radius 2 is 2.04 bits per heavy atom. The van der Waals surface area contributed by atoms with Crippen LogP contribution in [0.1, 0.15) is 32.7 Å². The van der Waals surface area contributed by atoms with Crippen molar-refractivity contribution in [2.24, 2.45) is 0 Å². The summed E-state index contributed by atoms with van der Waals surface area (Å²) in [5, 5.41) is 8.15. The molecule has 8 heteroatoms. The maximum absolute atomic E-state index is 12.6. The van der Waals surface area contributed by atoms with Gasteiger partial charge in [0.1, 0.15) is 12.4 Å². The van der Waals surface area contributed by atoms with Crippen LogP contribution >= 0.6 is 0 Å². The molecular formula is C16H27N5O3. The van der Waals surface area contributed by atoms with E-state index in [0.29, 0.717) is 32.8 Å². The van der Waals surface area contributed by atoms with E-state index in [1.165, 1.54) is 0 Å². The van der Waals surface area contributed by atoms with E-state index in [1.54, 1.807) is 6.33 Å². The highest BCUT2D eigenvalue weighted by Crippen LogP contribution is 2.20. The van der Waals surface area contributed by atoms with Crippen molar-refractivity contribution in [1.29, 1.82) is 0 Å². The topological polar surface area (TPSA) is 72.7 Å². The molecule has 0 aromatic carbocycles. The smallest absolute Gasteiger partial charge is 0.236 e. The Labute approximate surface area is 142 Å². The van der Waals surface area contributed by atoms with Crippen LogP contribution in [0.4, 0.5) is 0 Å². The van der Waals surface area contributed by atoms with Crippen molar-refractivity contribution in [2.75, 3.05) is 39.3 Å². The van der Waals surface area contributed by atoms with Crippen LogP contribution in [-0.2, 0) is 20.8 Å². The molecule has 3 atom stereocenters. The largest absolute Gasteiger partial charge is 0.372 e. The number of morpholine rings is 2. The Bertz CT molecular complexity index is 554. The zero-order chi connectivity index (χ0) is 17.1. The number of ether oxygens (including phenoxy) is 2. The van der Waals surface area contributed by atoms with Gasteiger partial charge in [0.05, 0.1) is 25.4 Å². The van der Waals surface area contributed by atoms with Crippen LogP contribution in [0.2, 0.25) is 0 Å². The van der Waals surface area contributed by atoms with Gasteiger partial charge in [0, 0.05) is 32.7 Å². The fourth-order valence-electron chi connectivity index (χ4n) is 3.43. The summed E-state index contributed by atoms with van der Waals surface area (Å²) in [6.07, 6.45) is 1.78. The Morgan fingerprint density at radius 1 is 1.29 bits per heavy atom. The van der Waals surface area contributed by atoms with Gasteiger partial charge in [-0.3, -0.25) is 9.69 Å². The van der Waals surface area contributed by atoms with Gasteiger partial charge in [-0.1, -0.05) is 0 Å². The highest BCUT2D eigenvalue weighted by Gasteiger charge is 2.30. The first-order chi connectivity index (χ1) is 11.6. The maximum Gasteiger partial charge on any atom is 0.236 e. The van der Waals surface area contributed by atoms with Gasteiger partial charge < -0.3 is 18.9 Å². The lowest BCUT2D eigenvalue weighted by atomic mass is 10.2. The van der Waals surface area contributed by atoms with E-state index < -0.39 is 0 Å². The van der Waals surface area contributed by atoms with Crippen molar-refractivity contribution in [2.45, 2.75) is 45.6 Å². The van der Waals surface area contributed by atoms with Crippen LogP contribution in [0, 0.1) is 0 Å². The van der Waals surface area contributed by atoms with Gasteiger partial charge in [-0.2, -0.15) is 0 Å². The first kappa shape index (κ1) is 17.3. The number of rotatable bonds is 4. The molecule has 0 saturated carbocycles. The summed E-state index contributed by atoms with van der Waals surface area (Å²) in [6.45, 7) is 10.7. The Hall–Kier alpha value is -1.51. The van der Waals surface area contributed by atoms with Crippen molar-refractivity contribution >= 4 is 5.91 Å². The average Bonchev–Trinajstić information content (AvgIpc) is 3.03. The predicted molar refractivity (Wildman–Crippen MR) is 87.4 cm³/mol. The summed E-state index contributed by atoms with van der Waals surface area (Å²) in [7, 11) is 0. The summed E-state index contributed by atoms with van der Waals surface area (Å²) in [6, 6.07) is 0. The molecule has 0 aliphatic carbocycles. The van der Waals surface area contributed by atoms with Gasteiger partial charge in [0.15, 0.2) is 5.82 Å². The number of aromatic nitrogens is 3. The number of nitrogens with zero attached hydrogens (tertiary/aromatic N) is 5. The first-order valence-corrected chi connectivity index (χ1v) is 8.71. The maximum atomic E-state index is 12.6. The quantitative estimate of drug-likeness (QED) is 0.787. The van der Waals surface area contributed by atoms with Gasteiger partial charge in [-0.05, 0) is 20.8 Å². The van der Waals surface area contributed by atoms with Crippen LogP contribution in [0.25, 0.3) is 0 Å². The average molecular weight is 337 g/mol. The Kier molecular flexibility index (Phi) is 5.47. The van der Waals surface area contributed by atoms with E-state index >= 15 is 0 Å². The molecule has 0 bridgehead atoms.